The predicted molar refractivity (Wildman–Crippen MR) is 97.9 cm³/mol. The van der Waals surface area contributed by atoms with Crippen molar-refractivity contribution in [1.82, 2.24) is 20.0 Å². The Morgan fingerprint density at radius 2 is 1.67 bits per heavy atom. The second kappa shape index (κ2) is 7.63. The zero-order valence-corrected chi connectivity index (χ0v) is 15.4. The molecular formula is C17H28N6O. The van der Waals surface area contributed by atoms with Gasteiger partial charge in [-0.3, -0.25) is 0 Å². The van der Waals surface area contributed by atoms with Crippen LogP contribution in [0.5, 0.6) is 0 Å². The molecule has 0 aliphatic carbocycles. The summed E-state index contributed by atoms with van der Waals surface area (Å²) >= 11 is 0. The number of ether oxygens (including phenoxy) is 1. The van der Waals surface area contributed by atoms with Crippen molar-refractivity contribution in [2.75, 3.05) is 48.8 Å². The number of nitrogens with zero attached hydrogens (tertiary/aromatic N) is 5. The zero-order valence-electron chi connectivity index (χ0n) is 15.4. The molecule has 1 N–H and O–H groups in total. The number of guanidine groups is 1. The van der Waals surface area contributed by atoms with Gasteiger partial charge in [0.2, 0.25) is 5.96 Å². The van der Waals surface area contributed by atoms with E-state index < -0.39 is 5.97 Å². The third kappa shape index (κ3) is 4.24. The van der Waals surface area contributed by atoms with Crippen LogP contribution in [0.3, 0.4) is 0 Å². The van der Waals surface area contributed by atoms with Crippen LogP contribution >= 0.6 is 0 Å². The molecule has 1 atom stereocenters. The van der Waals surface area contributed by atoms with E-state index in [1.54, 1.807) is 0 Å². The molecule has 0 amide bonds. The molecule has 1 aromatic carbocycles. The monoisotopic (exact) mass is 332 g/mol. The maximum atomic E-state index is 6.09. The van der Waals surface area contributed by atoms with Crippen LogP contribution in [0.4, 0.5) is 0 Å². The zero-order chi connectivity index (χ0) is 17.7. The normalized spacial score (nSPS) is 20.3. The van der Waals surface area contributed by atoms with E-state index in [0.29, 0.717) is 12.0 Å². The lowest BCUT2D eigenvalue weighted by molar-refractivity contribution is -0.100. The Bertz CT molecular complexity index is 596. The third-order valence-corrected chi connectivity index (χ3v) is 3.68. The van der Waals surface area contributed by atoms with E-state index >= 15 is 0 Å². The second-order valence-electron chi connectivity index (χ2n) is 6.36. The highest BCUT2D eigenvalue weighted by atomic mass is 16.6. The Morgan fingerprint density at radius 3 is 2.21 bits per heavy atom. The van der Waals surface area contributed by atoms with Gasteiger partial charge in [-0.2, -0.15) is 9.98 Å². The van der Waals surface area contributed by atoms with Crippen molar-refractivity contribution in [3.05, 3.63) is 35.9 Å². The van der Waals surface area contributed by atoms with Crippen molar-refractivity contribution in [2.24, 2.45) is 9.98 Å². The summed E-state index contributed by atoms with van der Waals surface area (Å²) in [5.41, 5.74) is 1.27. The molecule has 1 heterocycles. The van der Waals surface area contributed by atoms with Gasteiger partial charge in [-0.15, -0.1) is 0 Å². The first kappa shape index (κ1) is 18.2. The van der Waals surface area contributed by atoms with Crippen LogP contribution in [0.2, 0.25) is 0 Å². The highest BCUT2D eigenvalue weighted by molar-refractivity contribution is 5.93. The van der Waals surface area contributed by atoms with Gasteiger partial charge in [0.1, 0.15) is 0 Å². The minimum Gasteiger partial charge on any atom is -0.408 e. The Kier molecular flexibility index (Phi) is 5.80. The molecule has 1 aliphatic rings. The van der Waals surface area contributed by atoms with Gasteiger partial charge in [0.15, 0.2) is 0 Å². The van der Waals surface area contributed by atoms with Crippen LogP contribution in [0.1, 0.15) is 5.56 Å². The summed E-state index contributed by atoms with van der Waals surface area (Å²) in [4.78, 5) is 14.8. The van der Waals surface area contributed by atoms with Crippen LogP contribution < -0.4 is 5.32 Å². The molecule has 1 aromatic rings. The van der Waals surface area contributed by atoms with Gasteiger partial charge in [-0.25, -0.2) is 10.2 Å². The average molecular weight is 332 g/mol. The van der Waals surface area contributed by atoms with Crippen molar-refractivity contribution >= 4 is 12.0 Å². The number of nitrogens with one attached hydrogen (secondary N) is 1. The Balaban J connectivity index is 2.18. The van der Waals surface area contributed by atoms with Crippen LogP contribution in [-0.2, 0) is 11.2 Å². The molecule has 0 bridgehead atoms. The summed E-state index contributed by atoms with van der Waals surface area (Å²) in [7, 11) is 11.5. The lowest BCUT2D eigenvalue weighted by Gasteiger charge is -2.40. The molecule has 1 aliphatic heterocycles. The topological polar surface area (TPSA) is 55.7 Å². The molecule has 24 heavy (non-hydrogen) atoms. The Hall–Kier alpha value is -2.12. The molecular weight excluding hydrogens is 304 g/mol. The minimum absolute atomic E-state index is 0.523. The first-order chi connectivity index (χ1) is 11.3. The van der Waals surface area contributed by atoms with E-state index in [2.05, 4.69) is 22.4 Å². The largest absolute Gasteiger partial charge is 0.408 e. The van der Waals surface area contributed by atoms with Crippen LogP contribution in [-0.4, -0.2) is 81.5 Å². The quantitative estimate of drug-likeness (QED) is 0.811. The minimum atomic E-state index is -0.976. The van der Waals surface area contributed by atoms with E-state index in [4.69, 9.17) is 9.73 Å². The van der Waals surface area contributed by atoms with Gasteiger partial charge in [0.25, 0.3) is 6.02 Å². The summed E-state index contributed by atoms with van der Waals surface area (Å²) in [6.07, 6.45) is 0.890. The third-order valence-electron chi connectivity index (χ3n) is 3.68. The first-order valence-electron chi connectivity index (χ1n) is 8.02. The van der Waals surface area contributed by atoms with Gasteiger partial charge < -0.3 is 14.5 Å². The van der Waals surface area contributed by atoms with Gasteiger partial charge >= 0.3 is 5.97 Å². The van der Waals surface area contributed by atoms with Gasteiger partial charge in [0.05, 0.1) is 0 Å². The molecule has 132 valence electrons. The standard InChI is InChI=1S/C17H28N6O/c1-21(2)15-19-16(22(3)4)24-17(20-15,23(5)6)18-13-12-14-10-8-7-9-11-14/h7-11,18H,12-13H2,1-6H3. The molecule has 2 rings (SSSR count). The number of hydrogen-bond donors (Lipinski definition) is 1. The molecule has 0 saturated carbocycles. The number of hydrogen-bond acceptors (Lipinski definition) is 7. The molecule has 1 unspecified atom stereocenters. The van der Waals surface area contributed by atoms with Crippen molar-refractivity contribution in [3.63, 3.8) is 0 Å². The fourth-order valence-electron chi connectivity index (χ4n) is 2.25. The molecule has 7 heteroatoms. The summed E-state index contributed by atoms with van der Waals surface area (Å²) in [5.74, 6) is -0.360. The van der Waals surface area contributed by atoms with Gasteiger partial charge in [0, 0.05) is 34.7 Å². The van der Waals surface area contributed by atoms with E-state index in [9.17, 15) is 0 Å². The first-order valence-corrected chi connectivity index (χ1v) is 8.02. The highest BCUT2D eigenvalue weighted by Crippen LogP contribution is 2.19. The molecule has 0 fully saturated rings. The summed E-state index contributed by atoms with van der Waals surface area (Å²) in [5, 5.41) is 3.43. The van der Waals surface area contributed by atoms with Crippen LogP contribution in [0, 0.1) is 0 Å². The van der Waals surface area contributed by atoms with Crippen LogP contribution in [0.25, 0.3) is 0 Å². The summed E-state index contributed by atoms with van der Waals surface area (Å²) in [6, 6.07) is 10.9. The molecule has 0 saturated heterocycles. The number of amidine groups is 1. The smallest absolute Gasteiger partial charge is 0.329 e. The summed E-state index contributed by atoms with van der Waals surface area (Å²) < 4.78 is 6.09. The van der Waals surface area contributed by atoms with Crippen molar-refractivity contribution in [1.29, 1.82) is 0 Å². The molecule has 7 nitrogen and oxygen atoms in total. The van der Waals surface area contributed by atoms with Gasteiger partial charge in [-0.1, -0.05) is 30.3 Å². The Labute approximate surface area is 144 Å². The summed E-state index contributed by atoms with van der Waals surface area (Å²) in [6.45, 7) is 0.729. The van der Waals surface area contributed by atoms with Gasteiger partial charge in [-0.05, 0) is 26.1 Å². The number of aliphatic imine (C=N–C) groups is 2. The van der Waals surface area contributed by atoms with Crippen LogP contribution in [0.15, 0.2) is 40.3 Å². The second-order valence-corrected chi connectivity index (χ2v) is 6.36. The fraction of sp³-hybridized carbons (Fsp3) is 0.529. The lowest BCUT2D eigenvalue weighted by atomic mass is 10.1. The average Bonchev–Trinajstić information content (AvgIpc) is 2.55. The lowest BCUT2D eigenvalue weighted by Crippen LogP contribution is -2.61. The van der Waals surface area contributed by atoms with Crippen molar-refractivity contribution in [3.8, 4) is 0 Å². The fourth-order valence-corrected chi connectivity index (χ4v) is 2.25. The van der Waals surface area contributed by atoms with E-state index in [1.165, 1.54) is 5.56 Å². The van der Waals surface area contributed by atoms with Crippen molar-refractivity contribution < 1.29 is 4.74 Å². The Morgan fingerprint density at radius 1 is 1.00 bits per heavy atom. The van der Waals surface area contributed by atoms with E-state index in [0.717, 1.165) is 13.0 Å². The highest BCUT2D eigenvalue weighted by Gasteiger charge is 2.40. The molecule has 0 radical (unpaired) electrons. The number of benzene rings is 1. The van der Waals surface area contributed by atoms with Crippen molar-refractivity contribution in [2.45, 2.75) is 12.4 Å². The molecule has 0 aromatic heterocycles. The SMILES string of the molecule is CN(C)C1=NC(NCCc2ccccc2)(N(C)C)OC(N(C)C)=N1. The van der Waals surface area contributed by atoms with E-state index in [-0.39, 0.29) is 0 Å². The molecule has 0 spiro atoms. The predicted octanol–water partition coefficient (Wildman–Crippen LogP) is 0.857. The maximum Gasteiger partial charge on any atom is 0.329 e. The number of rotatable bonds is 5. The maximum absolute atomic E-state index is 6.09. The van der Waals surface area contributed by atoms with E-state index in [1.807, 2.05) is 75.2 Å².